The molecule has 0 spiro atoms. The van der Waals surface area contributed by atoms with Gasteiger partial charge in [0.2, 0.25) is 0 Å². The zero-order valence-electron chi connectivity index (χ0n) is 10.7. The highest BCUT2D eigenvalue weighted by Crippen LogP contribution is 2.08. The Morgan fingerprint density at radius 1 is 0.714 bits per heavy atom. The van der Waals surface area contributed by atoms with Crippen molar-refractivity contribution in [2.24, 2.45) is 0 Å². The molecular formula is C11H27N3. The molecule has 0 aromatic heterocycles. The second-order valence-electron chi connectivity index (χ2n) is 3.75. The van der Waals surface area contributed by atoms with Gasteiger partial charge in [-0.2, -0.15) is 0 Å². The molecule has 0 aliphatic heterocycles. The lowest BCUT2D eigenvalue weighted by molar-refractivity contribution is -0.0391. The topological polar surface area (TPSA) is 9.72 Å². The molecule has 0 bridgehead atoms. The van der Waals surface area contributed by atoms with Gasteiger partial charge in [0.15, 0.2) is 0 Å². The molecule has 0 fully saturated rings. The van der Waals surface area contributed by atoms with Gasteiger partial charge in [0, 0.05) is 0 Å². The van der Waals surface area contributed by atoms with E-state index in [0.717, 1.165) is 26.2 Å². The molecule has 0 aromatic rings. The van der Waals surface area contributed by atoms with Crippen LogP contribution in [0.25, 0.3) is 0 Å². The van der Waals surface area contributed by atoms with Gasteiger partial charge >= 0.3 is 0 Å². The molecule has 0 aromatic carbocycles. The highest BCUT2D eigenvalue weighted by Gasteiger charge is 2.22. The minimum Gasteiger partial charge on any atom is -0.282 e. The van der Waals surface area contributed by atoms with Gasteiger partial charge in [-0.05, 0) is 40.3 Å². The quantitative estimate of drug-likeness (QED) is 0.578. The van der Waals surface area contributed by atoms with E-state index >= 15 is 0 Å². The van der Waals surface area contributed by atoms with Crippen LogP contribution in [0.15, 0.2) is 0 Å². The molecule has 0 saturated heterocycles. The van der Waals surface area contributed by atoms with Crippen molar-refractivity contribution >= 4 is 0 Å². The Bertz CT molecular complexity index is 116. The van der Waals surface area contributed by atoms with Gasteiger partial charge in [0.05, 0.1) is 0 Å². The molecular weight excluding hydrogens is 174 g/mol. The first-order valence-corrected chi connectivity index (χ1v) is 5.76. The second-order valence-corrected chi connectivity index (χ2v) is 3.75. The average molecular weight is 201 g/mol. The first-order chi connectivity index (χ1) is 6.62. The number of hydrogen-bond acceptors (Lipinski definition) is 3. The molecule has 0 rings (SSSR count). The first-order valence-electron chi connectivity index (χ1n) is 5.76. The zero-order valence-corrected chi connectivity index (χ0v) is 10.7. The van der Waals surface area contributed by atoms with E-state index in [4.69, 9.17) is 0 Å². The molecule has 3 nitrogen and oxygen atoms in total. The van der Waals surface area contributed by atoms with Gasteiger partial charge < -0.3 is 0 Å². The summed E-state index contributed by atoms with van der Waals surface area (Å²) in [5.74, 6) is 0. The summed E-state index contributed by atoms with van der Waals surface area (Å²) in [4.78, 5) is 7.25. The second kappa shape index (κ2) is 7.21. The fourth-order valence-electron chi connectivity index (χ4n) is 1.98. The van der Waals surface area contributed by atoms with E-state index in [1.807, 2.05) is 0 Å². The molecule has 0 amide bonds. The number of rotatable bonds is 7. The molecule has 0 saturated carbocycles. The third-order valence-corrected chi connectivity index (χ3v) is 2.74. The van der Waals surface area contributed by atoms with Crippen LogP contribution in [0.1, 0.15) is 27.7 Å². The lowest BCUT2D eigenvalue weighted by Crippen LogP contribution is -2.55. The smallest absolute Gasteiger partial charge is 0.119 e. The van der Waals surface area contributed by atoms with Crippen LogP contribution < -0.4 is 0 Å². The van der Waals surface area contributed by atoms with E-state index in [9.17, 15) is 0 Å². The summed E-state index contributed by atoms with van der Waals surface area (Å²) in [6.07, 6.45) is 0.444. The van der Waals surface area contributed by atoms with Crippen LogP contribution in [0.4, 0.5) is 0 Å². The van der Waals surface area contributed by atoms with Gasteiger partial charge in [0.25, 0.3) is 0 Å². The third-order valence-electron chi connectivity index (χ3n) is 2.74. The predicted molar refractivity (Wildman–Crippen MR) is 63.3 cm³/mol. The van der Waals surface area contributed by atoms with Crippen molar-refractivity contribution in [3.05, 3.63) is 0 Å². The molecule has 3 heteroatoms. The van der Waals surface area contributed by atoms with Crippen LogP contribution in [0.2, 0.25) is 0 Å². The fourth-order valence-corrected chi connectivity index (χ4v) is 1.98. The lowest BCUT2D eigenvalue weighted by atomic mass is 10.4. The lowest BCUT2D eigenvalue weighted by Gasteiger charge is -2.41. The van der Waals surface area contributed by atoms with Crippen LogP contribution >= 0.6 is 0 Å². The minimum atomic E-state index is 0.444. The monoisotopic (exact) mass is 201 g/mol. The summed E-state index contributed by atoms with van der Waals surface area (Å²) in [6.45, 7) is 13.3. The van der Waals surface area contributed by atoms with E-state index < -0.39 is 0 Å². The van der Waals surface area contributed by atoms with E-state index in [1.54, 1.807) is 0 Å². The summed E-state index contributed by atoms with van der Waals surface area (Å²) in [6, 6.07) is 0. The summed E-state index contributed by atoms with van der Waals surface area (Å²) >= 11 is 0. The maximum absolute atomic E-state index is 2.48. The Morgan fingerprint density at radius 3 is 1.14 bits per heavy atom. The Labute approximate surface area is 89.7 Å². The Balaban J connectivity index is 4.54. The van der Waals surface area contributed by atoms with Crippen molar-refractivity contribution in [1.29, 1.82) is 0 Å². The van der Waals surface area contributed by atoms with Crippen molar-refractivity contribution in [3.63, 3.8) is 0 Å². The third kappa shape index (κ3) is 3.56. The van der Waals surface area contributed by atoms with Crippen LogP contribution in [-0.2, 0) is 0 Å². The van der Waals surface area contributed by atoms with Crippen molar-refractivity contribution < 1.29 is 0 Å². The zero-order chi connectivity index (χ0) is 11.1. The molecule has 0 unspecified atom stereocenters. The van der Waals surface area contributed by atoms with Gasteiger partial charge in [-0.3, -0.25) is 14.7 Å². The molecule has 0 aliphatic carbocycles. The first kappa shape index (κ1) is 13.9. The molecule has 14 heavy (non-hydrogen) atoms. The highest BCUT2D eigenvalue weighted by molar-refractivity contribution is 4.68. The summed E-state index contributed by atoms with van der Waals surface area (Å²) in [5.41, 5.74) is 0. The van der Waals surface area contributed by atoms with Crippen LogP contribution in [-0.4, -0.2) is 61.3 Å². The molecule has 0 aliphatic rings. The van der Waals surface area contributed by atoms with Gasteiger partial charge in [-0.25, -0.2) is 0 Å². The van der Waals surface area contributed by atoms with Crippen LogP contribution in [0.5, 0.6) is 0 Å². The normalized spacial score (nSPS) is 12.4. The Morgan fingerprint density at radius 2 is 1.00 bits per heavy atom. The van der Waals surface area contributed by atoms with E-state index in [-0.39, 0.29) is 0 Å². The average Bonchev–Trinajstić information content (AvgIpc) is 2.18. The molecule has 86 valence electrons. The van der Waals surface area contributed by atoms with Crippen molar-refractivity contribution in [1.82, 2.24) is 14.7 Å². The standard InChI is InChI=1S/C11H27N3/c1-7-13(8-2)11(12(5)6)14(9-3)10-4/h11H,7-10H2,1-6H3. The fraction of sp³-hybridized carbons (Fsp3) is 1.00. The molecule has 0 radical (unpaired) electrons. The van der Waals surface area contributed by atoms with E-state index in [0.29, 0.717) is 6.29 Å². The summed E-state index contributed by atoms with van der Waals surface area (Å²) in [5, 5.41) is 0. The van der Waals surface area contributed by atoms with Crippen molar-refractivity contribution in [2.45, 2.75) is 34.0 Å². The van der Waals surface area contributed by atoms with Gasteiger partial charge in [-0.1, -0.05) is 27.7 Å². The van der Waals surface area contributed by atoms with Crippen molar-refractivity contribution in [2.75, 3.05) is 40.3 Å². The maximum Gasteiger partial charge on any atom is 0.119 e. The van der Waals surface area contributed by atoms with Crippen LogP contribution in [0.3, 0.4) is 0 Å². The summed E-state index contributed by atoms with van der Waals surface area (Å²) < 4.78 is 0. The SMILES string of the molecule is CCN(CC)C(N(C)C)N(CC)CC. The Kier molecular flexibility index (Phi) is 7.15. The number of nitrogens with zero attached hydrogens (tertiary/aromatic N) is 3. The predicted octanol–water partition coefficient (Wildman–Crippen LogP) is 1.52. The maximum atomic E-state index is 2.48. The van der Waals surface area contributed by atoms with Crippen LogP contribution in [0, 0.1) is 0 Å². The van der Waals surface area contributed by atoms with E-state index in [1.165, 1.54) is 0 Å². The molecule has 0 heterocycles. The molecule has 0 atom stereocenters. The Hall–Kier alpha value is -0.120. The minimum absolute atomic E-state index is 0.444. The van der Waals surface area contributed by atoms with Crippen molar-refractivity contribution in [3.8, 4) is 0 Å². The summed E-state index contributed by atoms with van der Waals surface area (Å²) in [7, 11) is 4.31. The number of hydrogen-bond donors (Lipinski definition) is 0. The van der Waals surface area contributed by atoms with Gasteiger partial charge in [-0.15, -0.1) is 0 Å². The van der Waals surface area contributed by atoms with Gasteiger partial charge in [0.1, 0.15) is 6.29 Å². The van der Waals surface area contributed by atoms with E-state index in [2.05, 4.69) is 56.5 Å². The molecule has 0 N–H and O–H groups in total. The highest BCUT2D eigenvalue weighted by atomic mass is 15.5. The largest absolute Gasteiger partial charge is 0.282 e.